The molecule has 0 amide bonds. The monoisotopic (exact) mass is 221 g/mol. The first-order valence-electron chi connectivity index (χ1n) is 5.57. The van der Waals surface area contributed by atoms with Gasteiger partial charge in [-0.05, 0) is 18.5 Å². The van der Waals surface area contributed by atoms with E-state index in [0.29, 0.717) is 13.0 Å². The van der Waals surface area contributed by atoms with Crippen molar-refractivity contribution in [1.29, 1.82) is 0 Å². The van der Waals surface area contributed by atoms with Gasteiger partial charge >= 0.3 is 0 Å². The summed E-state index contributed by atoms with van der Waals surface area (Å²) in [5, 5.41) is 0. The average Bonchev–Trinajstić information content (AvgIpc) is 2.75. The van der Waals surface area contributed by atoms with E-state index in [1.807, 2.05) is 18.2 Å². The Morgan fingerprint density at radius 1 is 1.38 bits per heavy atom. The Morgan fingerprint density at radius 3 is 2.69 bits per heavy atom. The maximum absolute atomic E-state index is 12.8. The number of hydrogen-bond donors (Lipinski definition) is 0. The average molecular weight is 221 g/mol. The Bertz CT molecular complexity index is 354. The summed E-state index contributed by atoms with van der Waals surface area (Å²) in [5.41, 5.74) is 0.470. The first-order chi connectivity index (χ1) is 7.78. The van der Waals surface area contributed by atoms with Crippen molar-refractivity contribution in [2.75, 3.05) is 19.8 Å². The number of benzene rings is 1. The highest BCUT2D eigenvalue weighted by Crippen LogP contribution is 2.29. The molecule has 2 nitrogen and oxygen atoms in total. The van der Waals surface area contributed by atoms with E-state index >= 15 is 0 Å². The number of carbonyl (C=O) groups is 1. The summed E-state index contributed by atoms with van der Waals surface area (Å²) < 4.78 is 12.8. The van der Waals surface area contributed by atoms with Gasteiger partial charge in [0.05, 0.1) is 5.41 Å². The smallest absolute Gasteiger partial charge is 0.130 e. The summed E-state index contributed by atoms with van der Waals surface area (Å²) in [4.78, 5) is 13.0. The van der Waals surface area contributed by atoms with Gasteiger partial charge in [-0.1, -0.05) is 30.3 Å². The van der Waals surface area contributed by atoms with Gasteiger partial charge in [-0.25, -0.2) is 4.39 Å². The number of hydrogen-bond acceptors (Lipinski definition) is 2. The van der Waals surface area contributed by atoms with E-state index in [9.17, 15) is 9.18 Å². The van der Waals surface area contributed by atoms with Crippen LogP contribution in [0.25, 0.3) is 0 Å². The molecule has 0 bridgehead atoms. The topological polar surface area (TPSA) is 20.3 Å². The summed E-state index contributed by atoms with van der Waals surface area (Å²) in [7, 11) is 0. The van der Waals surface area contributed by atoms with Crippen LogP contribution in [0.2, 0.25) is 0 Å². The van der Waals surface area contributed by atoms with Gasteiger partial charge in [0.1, 0.15) is 13.0 Å². The van der Waals surface area contributed by atoms with E-state index in [2.05, 4.69) is 17.0 Å². The fourth-order valence-corrected chi connectivity index (χ4v) is 2.20. The molecule has 16 heavy (non-hydrogen) atoms. The van der Waals surface area contributed by atoms with Crippen LogP contribution in [0.4, 0.5) is 4.39 Å². The summed E-state index contributed by atoms with van der Waals surface area (Å²) >= 11 is 0. The molecule has 2 rings (SSSR count). The van der Waals surface area contributed by atoms with Crippen molar-refractivity contribution in [2.24, 2.45) is 5.41 Å². The molecule has 1 aliphatic heterocycles. The first kappa shape index (κ1) is 11.3. The van der Waals surface area contributed by atoms with E-state index in [0.717, 1.165) is 19.4 Å². The molecule has 0 aromatic heterocycles. The van der Waals surface area contributed by atoms with Crippen molar-refractivity contribution >= 4 is 6.29 Å². The third-order valence-corrected chi connectivity index (χ3v) is 3.23. The standard InChI is InChI=1S/C13H16FNO/c14-9-13(11-16)6-7-15(10-13)8-12-4-2-1-3-5-12/h1-5,11H,6-10H2. The first-order valence-corrected chi connectivity index (χ1v) is 5.57. The van der Waals surface area contributed by atoms with Gasteiger partial charge in [-0.2, -0.15) is 0 Å². The molecule has 0 saturated carbocycles. The molecule has 1 aromatic rings. The minimum Gasteiger partial charge on any atom is -0.303 e. The van der Waals surface area contributed by atoms with E-state index in [-0.39, 0.29) is 0 Å². The normalized spacial score (nSPS) is 25.8. The van der Waals surface area contributed by atoms with E-state index in [1.165, 1.54) is 5.56 Å². The molecular weight excluding hydrogens is 205 g/mol. The van der Waals surface area contributed by atoms with Gasteiger partial charge in [-0.3, -0.25) is 4.90 Å². The SMILES string of the molecule is O=CC1(CF)CCN(Cc2ccccc2)C1. The lowest BCUT2D eigenvalue weighted by atomic mass is 9.91. The third kappa shape index (κ3) is 2.30. The minimum absolute atomic E-state index is 0.540. The van der Waals surface area contributed by atoms with Crippen LogP contribution in [0.5, 0.6) is 0 Å². The molecule has 1 saturated heterocycles. The summed E-state index contributed by atoms with van der Waals surface area (Å²) in [5.74, 6) is 0. The Balaban J connectivity index is 1.97. The maximum atomic E-state index is 12.8. The molecular formula is C13H16FNO. The highest BCUT2D eigenvalue weighted by Gasteiger charge is 2.37. The van der Waals surface area contributed by atoms with Crippen LogP contribution in [0, 0.1) is 5.41 Å². The van der Waals surface area contributed by atoms with Crippen LogP contribution in [0.3, 0.4) is 0 Å². The predicted octanol–water partition coefficient (Wildman–Crippen LogP) is 2.05. The molecule has 1 unspecified atom stereocenters. The Kier molecular flexibility index (Phi) is 3.34. The number of alkyl halides is 1. The summed E-state index contributed by atoms with van der Waals surface area (Å²) in [6.07, 6.45) is 1.43. The molecule has 0 spiro atoms. The fourth-order valence-electron chi connectivity index (χ4n) is 2.20. The summed E-state index contributed by atoms with van der Waals surface area (Å²) in [6.45, 7) is 1.61. The molecule has 1 aromatic carbocycles. The number of carbonyl (C=O) groups excluding carboxylic acids is 1. The number of nitrogens with zero attached hydrogens (tertiary/aromatic N) is 1. The van der Waals surface area contributed by atoms with Crippen LogP contribution in [-0.2, 0) is 11.3 Å². The van der Waals surface area contributed by atoms with Crippen LogP contribution in [0.15, 0.2) is 30.3 Å². The van der Waals surface area contributed by atoms with Gasteiger partial charge in [0.15, 0.2) is 0 Å². The zero-order valence-corrected chi connectivity index (χ0v) is 9.23. The number of halogens is 1. The van der Waals surface area contributed by atoms with Crippen LogP contribution in [0.1, 0.15) is 12.0 Å². The number of rotatable bonds is 4. The van der Waals surface area contributed by atoms with E-state index in [1.54, 1.807) is 0 Å². The molecule has 0 aliphatic carbocycles. The third-order valence-electron chi connectivity index (χ3n) is 3.23. The Morgan fingerprint density at radius 2 is 2.12 bits per heavy atom. The molecule has 0 radical (unpaired) electrons. The zero-order valence-electron chi connectivity index (χ0n) is 9.23. The Hall–Kier alpha value is -1.22. The molecule has 1 fully saturated rings. The van der Waals surface area contributed by atoms with Crippen molar-refractivity contribution in [2.45, 2.75) is 13.0 Å². The minimum atomic E-state index is -0.741. The van der Waals surface area contributed by atoms with Gasteiger partial charge in [0.2, 0.25) is 0 Å². The second kappa shape index (κ2) is 4.74. The highest BCUT2D eigenvalue weighted by molar-refractivity contribution is 5.60. The predicted molar refractivity (Wildman–Crippen MR) is 60.8 cm³/mol. The second-order valence-electron chi connectivity index (χ2n) is 4.56. The van der Waals surface area contributed by atoms with E-state index < -0.39 is 12.1 Å². The maximum Gasteiger partial charge on any atom is 0.130 e. The molecule has 86 valence electrons. The highest BCUT2D eigenvalue weighted by atomic mass is 19.1. The van der Waals surface area contributed by atoms with Gasteiger partial charge in [0, 0.05) is 13.1 Å². The van der Waals surface area contributed by atoms with Crippen molar-refractivity contribution in [3.8, 4) is 0 Å². The number of aldehydes is 1. The van der Waals surface area contributed by atoms with Crippen LogP contribution < -0.4 is 0 Å². The van der Waals surface area contributed by atoms with Gasteiger partial charge in [-0.15, -0.1) is 0 Å². The van der Waals surface area contributed by atoms with Gasteiger partial charge < -0.3 is 4.79 Å². The number of likely N-dealkylation sites (tertiary alicyclic amines) is 1. The van der Waals surface area contributed by atoms with Gasteiger partial charge in [0.25, 0.3) is 0 Å². The van der Waals surface area contributed by atoms with Crippen LogP contribution >= 0.6 is 0 Å². The zero-order chi connectivity index (χ0) is 11.4. The summed E-state index contributed by atoms with van der Waals surface area (Å²) in [6, 6.07) is 10.1. The lowest BCUT2D eigenvalue weighted by molar-refractivity contribution is -0.116. The van der Waals surface area contributed by atoms with Crippen LogP contribution in [-0.4, -0.2) is 31.0 Å². The lowest BCUT2D eigenvalue weighted by Gasteiger charge is -2.19. The van der Waals surface area contributed by atoms with Crippen molar-refractivity contribution < 1.29 is 9.18 Å². The van der Waals surface area contributed by atoms with Crippen molar-refractivity contribution in [1.82, 2.24) is 4.90 Å². The lowest BCUT2D eigenvalue weighted by Crippen LogP contribution is -2.30. The Labute approximate surface area is 95.1 Å². The molecule has 1 atom stereocenters. The molecule has 1 heterocycles. The molecule has 1 aliphatic rings. The molecule has 3 heteroatoms. The van der Waals surface area contributed by atoms with Crippen molar-refractivity contribution in [3.63, 3.8) is 0 Å². The van der Waals surface area contributed by atoms with E-state index in [4.69, 9.17) is 0 Å². The quantitative estimate of drug-likeness (QED) is 0.725. The largest absolute Gasteiger partial charge is 0.303 e. The molecule has 0 N–H and O–H groups in total. The van der Waals surface area contributed by atoms with Crippen molar-refractivity contribution in [3.05, 3.63) is 35.9 Å². The second-order valence-corrected chi connectivity index (χ2v) is 4.56. The fraction of sp³-hybridized carbons (Fsp3) is 0.462.